The summed E-state index contributed by atoms with van der Waals surface area (Å²) >= 11 is 15.5. The fourth-order valence-electron chi connectivity index (χ4n) is 2.72. The fourth-order valence-corrected chi connectivity index (χ4v) is 3.67. The molecule has 0 atom stereocenters. The predicted octanol–water partition coefficient (Wildman–Crippen LogP) is 6.48. The highest BCUT2D eigenvalue weighted by atomic mass is 36.0. The number of aromatic nitrogens is 1. The zero-order valence-corrected chi connectivity index (χ0v) is 18.0. The van der Waals surface area contributed by atoms with Crippen molar-refractivity contribution in [2.75, 3.05) is 4.90 Å². The fraction of sp³-hybridized carbons (Fsp3) is 0.375. The molecule has 1 aromatic heterocycles. The summed E-state index contributed by atoms with van der Waals surface area (Å²) in [7, 11) is 0. The van der Waals surface area contributed by atoms with Crippen LogP contribution >= 0.6 is 50.3 Å². The predicted molar refractivity (Wildman–Crippen MR) is 108 cm³/mol. The van der Waals surface area contributed by atoms with Gasteiger partial charge >= 0.3 is 5.20 Å². The molecule has 0 bridgehead atoms. The van der Waals surface area contributed by atoms with Crippen LogP contribution in [0.15, 0.2) is 23.6 Å². The minimum Gasteiger partial charge on any atom is -0.309 e. The Hall–Kier alpha value is -0.580. The lowest BCUT2D eigenvalue weighted by Crippen LogP contribution is -2.33. The highest BCUT2D eigenvalue weighted by Crippen LogP contribution is 2.61. The van der Waals surface area contributed by atoms with Gasteiger partial charge in [-0.2, -0.15) is 0 Å². The number of hydrogen-bond acceptors (Lipinski definition) is 4. The minimum absolute atomic E-state index is 0.190. The highest BCUT2D eigenvalue weighted by Gasteiger charge is 2.31. The van der Waals surface area contributed by atoms with Crippen LogP contribution in [-0.4, -0.2) is 16.9 Å². The van der Waals surface area contributed by atoms with Crippen LogP contribution in [-0.2, 0) is 22.2 Å². The molecular formula is C16H18Cl3N2O2PS. The van der Waals surface area contributed by atoms with E-state index in [1.165, 1.54) is 0 Å². The third-order valence-electron chi connectivity index (χ3n) is 3.67. The molecule has 0 spiro atoms. The Balaban J connectivity index is 0.000000399. The van der Waals surface area contributed by atoms with Gasteiger partial charge < -0.3 is 4.90 Å². The number of anilines is 1. The minimum atomic E-state index is -3.22. The summed E-state index contributed by atoms with van der Waals surface area (Å²) in [6.07, 6.45) is 1.44. The molecule has 1 aliphatic heterocycles. The number of thiazole rings is 1. The first kappa shape index (κ1) is 20.7. The Bertz CT molecular complexity index is 811. The van der Waals surface area contributed by atoms with Crippen molar-refractivity contribution in [3.63, 3.8) is 0 Å². The molecule has 0 saturated carbocycles. The summed E-state index contributed by atoms with van der Waals surface area (Å²) in [5, 5.41) is -0.0942. The first-order chi connectivity index (χ1) is 11.6. The van der Waals surface area contributed by atoms with E-state index in [2.05, 4.69) is 70.9 Å². The van der Waals surface area contributed by atoms with Crippen molar-refractivity contribution in [3.05, 3.63) is 34.8 Å². The van der Waals surface area contributed by atoms with Crippen LogP contribution in [0.25, 0.3) is 10.6 Å². The molecule has 3 rings (SSSR count). The van der Waals surface area contributed by atoms with E-state index in [-0.39, 0.29) is 11.9 Å². The van der Waals surface area contributed by atoms with E-state index in [1.54, 1.807) is 11.3 Å². The maximum atomic E-state index is 12.2. The third-order valence-corrected chi connectivity index (χ3v) is 4.59. The van der Waals surface area contributed by atoms with Gasteiger partial charge in [-0.1, -0.05) is 19.1 Å². The summed E-state index contributed by atoms with van der Waals surface area (Å²) in [6, 6.07) is 6.34. The number of nitrogens with zero attached hydrogens (tertiary/aromatic N) is 2. The lowest BCUT2D eigenvalue weighted by Gasteiger charge is -2.22. The number of rotatable bonds is 3. The molecule has 136 valence electrons. The standard InChI is InChI=1S/C16H18N2OS.Cl3OP/c1-4-11-9-20-16(17-11)12-6-5-7-14-13(12)8-15(19)18(14)10(2)3;1-5(2,3)4/h5-7,9-10H,4,8H2,1-3H3;. The van der Waals surface area contributed by atoms with Crippen LogP contribution in [0.4, 0.5) is 5.69 Å². The molecular weight excluding hydrogens is 422 g/mol. The van der Waals surface area contributed by atoms with Crippen molar-refractivity contribution in [3.8, 4) is 10.6 Å². The van der Waals surface area contributed by atoms with E-state index in [0.29, 0.717) is 6.42 Å². The number of benzene rings is 1. The van der Waals surface area contributed by atoms with E-state index in [0.717, 1.165) is 33.9 Å². The molecule has 0 aliphatic carbocycles. The first-order valence-corrected chi connectivity index (χ1v) is 13.0. The third kappa shape index (κ3) is 5.45. The monoisotopic (exact) mass is 438 g/mol. The molecule has 2 heterocycles. The molecule has 1 amide bonds. The molecule has 1 aromatic carbocycles. The van der Waals surface area contributed by atoms with Crippen LogP contribution in [0.2, 0.25) is 0 Å². The van der Waals surface area contributed by atoms with Gasteiger partial charge in [0, 0.05) is 22.7 Å². The van der Waals surface area contributed by atoms with Crippen LogP contribution in [0.3, 0.4) is 0 Å². The Morgan fingerprint density at radius 2 is 1.96 bits per heavy atom. The van der Waals surface area contributed by atoms with Crippen molar-refractivity contribution in [1.29, 1.82) is 0 Å². The quantitative estimate of drug-likeness (QED) is 0.514. The van der Waals surface area contributed by atoms with E-state index >= 15 is 0 Å². The summed E-state index contributed by atoms with van der Waals surface area (Å²) < 4.78 is 9.51. The number of amides is 1. The molecule has 1 aliphatic rings. The molecule has 0 fully saturated rings. The second kappa shape index (κ2) is 8.41. The lowest BCUT2D eigenvalue weighted by atomic mass is 10.1. The van der Waals surface area contributed by atoms with Crippen LogP contribution < -0.4 is 4.90 Å². The number of aryl methyl sites for hydroxylation is 1. The normalized spacial score (nSPS) is 13.7. The summed E-state index contributed by atoms with van der Waals surface area (Å²) in [6.45, 7) is 6.22. The van der Waals surface area contributed by atoms with Gasteiger partial charge in [-0.05, 0) is 65.6 Å². The van der Waals surface area contributed by atoms with Gasteiger partial charge in [0.2, 0.25) is 5.91 Å². The number of carbonyl (C=O) groups is 1. The largest absolute Gasteiger partial charge is 0.339 e. The topological polar surface area (TPSA) is 50.3 Å². The lowest BCUT2D eigenvalue weighted by molar-refractivity contribution is -0.117. The Kier molecular flexibility index (Phi) is 6.97. The number of carbonyl (C=O) groups excluding carboxylic acids is 1. The van der Waals surface area contributed by atoms with Gasteiger partial charge in [-0.15, -0.1) is 11.3 Å². The maximum Gasteiger partial charge on any atom is 0.339 e. The van der Waals surface area contributed by atoms with Crippen LogP contribution in [0.5, 0.6) is 0 Å². The summed E-state index contributed by atoms with van der Waals surface area (Å²) in [5.74, 6) is 0.190. The average Bonchev–Trinajstić information content (AvgIpc) is 3.07. The van der Waals surface area contributed by atoms with E-state index in [4.69, 9.17) is 0 Å². The van der Waals surface area contributed by atoms with Gasteiger partial charge in [0.15, 0.2) is 0 Å². The molecule has 0 unspecified atom stereocenters. The van der Waals surface area contributed by atoms with Gasteiger partial charge in [-0.3, -0.25) is 9.36 Å². The number of halogens is 3. The highest BCUT2D eigenvalue weighted by molar-refractivity contribution is 8.24. The molecule has 25 heavy (non-hydrogen) atoms. The summed E-state index contributed by atoms with van der Waals surface area (Å²) in [4.78, 5) is 18.8. The zero-order chi connectivity index (χ0) is 18.8. The van der Waals surface area contributed by atoms with E-state index in [9.17, 15) is 9.36 Å². The number of hydrogen-bond donors (Lipinski definition) is 0. The SMILES string of the molecule is CCc1csc(-c2cccc3c2CC(=O)N3C(C)C)n1.O=P(Cl)(Cl)Cl. The molecule has 0 N–H and O–H groups in total. The molecule has 0 radical (unpaired) electrons. The van der Waals surface area contributed by atoms with Crippen LogP contribution in [0.1, 0.15) is 32.0 Å². The second-order valence-corrected chi connectivity index (χ2v) is 13.2. The Morgan fingerprint density at radius 3 is 2.48 bits per heavy atom. The second-order valence-electron chi connectivity index (χ2n) is 5.73. The van der Waals surface area contributed by atoms with E-state index < -0.39 is 5.20 Å². The van der Waals surface area contributed by atoms with Crippen molar-refractivity contribution in [1.82, 2.24) is 4.98 Å². The average molecular weight is 440 g/mol. The molecule has 0 saturated heterocycles. The zero-order valence-electron chi connectivity index (χ0n) is 14.0. The van der Waals surface area contributed by atoms with Crippen molar-refractivity contribution >= 4 is 61.9 Å². The van der Waals surface area contributed by atoms with Gasteiger partial charge in [-0.25, -0.2) is 4.98 Å². The van der Waals surface area contributed by atoms with Gasteiger partial charge in [0.25, 0.3) is 0 Å². The van der Waals surface area contributed by atoms with Crippen molar-refractivity contribution in [2.45, 2.75) is 39.7 Å². The maximum absolute atomic E-state index is 12.2. The van der Waals surface area contributed by atoms with Gasteiger partial charge in [0.1, 0.15) is 5.01 Å². The summed E-state index contributed by atoms with van der Waals surface area (Å²) in [5.41, 5.74) is 4.41. The van der Waals surface area contributed by atoms with Crippen molar-refractivity contribution < 1.29 is 9.36 Å². The smallest absolute Gasteiger partial charge is 0.309 e. The molecule has 2 aromatic rings. The molecule has 4 nitrogen and oxygen atoms in total. The number of fused-ring (bicyclic) bond motifs is 1. The van der Waals surface area contributed by atoms with Crippen LogP contribution in [0, 0.1) is 0 Å². The first-order valence-electron chi connectivity index (χ1n) is 7.69. The Labute approximate surface area is 165 Å². The van der Waals surface area contributed by atoms with Gasteiger partial charge in [0.05, 0.1) is 12.1 Å². The van der Waals surface area contributed by atoms with E-state index in [1.807, 2.05) is 17.0 Å². The Morgan fingerprint density at radius 1 is 1.32 bits per heavy atom. The molecule has 9 heteroatoms. The van der Waals surface area contributed by atoms with Crippen molar-refractivity contribution in [2.24, 2.45) is 0 Å².